The van der Waals surface area contributed by atoms with Crippen molar-refractivity contribution in [1.29, 1.82) is 0 Å². The zero-order chi connectivity index (χ0) is 8.77. The van der Waals surface area contributed by atoms with Gasteiger partial charge in [-0.3, -0.25) is 0 Å². The van der Waals surface area contributed by atoms with Crippen molar-refractivity contribution in [3.8, 4) is 0 Å². The first-order valence-corrected chi connectivity index (χ1v) is 4.46. The molecule has 1 aromatic rings. The van der Waals surface area contributed by atoms with Crippen molar-refractivity contribution in [2.75, 3.05) is 0 Å². The lowest BCUT2D eigenvalue weighted by Crippen LogP contribution is -2.06. The summed E-state index contributed by atoms with van der Waals surface area (Å²) in [5, 5.41) is 9.98. The lowest BCUT2D eigenvalue weighted by molar-refractivity contribution is 0.103. The normalized spacial score (nSPS) is 33.8. The van der Waals surface area contributed by atoms with Crippen LogP contribution in [0.2, 0.25) is 0 Å². The molecule has 66 valence electrons. The third-order valence-electron chi connectivity index (χ3n) is 2.73. The molecule has 12 heavy (non-hydrogen) atoms. The van der Waals surface area contributed by atoms with E-state index < -0.39 is 5.60 Å². The first kappa shape index (κ1) is 7.87. The second-order valence-corrected chi connectivity index (χ2v) is 3.64. The first-order chi connectivity index (χ1) is 5.66. The summed E-state index contributed by atoms with van der Waals surface area (Å²) in [6.07, 6.45) is 1.88. The monoisotopic (exact) mass is 166 g/mol. The van der Waals surface area contributed by atoms with E-state index in [9.17, 15) is 5.11 Å². The summed E-state index contributed by atoms with van der Waals surface area (Å²) in [6, 6.07) is 3.78. The van der Waals surface area contributed by atoms with Gasteiger partial charge in [0.2, 0.25) is 0 Å². The fourth-order valence-corrected chi connectivity index (χ4v) is 1.77. The smallest absolute Gasteiger partial charge is 0.136 e. The molecule has 0 saturated heterocycles. The number of rotatable bonds is 2. The van der Waals surface area contributed by atoms with Crippen LogP contribution in [0, 0.1) is 12.8 Å². The number of aryl methyl sites for hydroxylation is 1. The SMILES string of the molecule is CCC1CC1(O)c1ccc(C)o1. The lowest BCUT2D eigenvalue weighted by Gasteiger charge is -2.04. The zero-order valence-corrected chi connectivity index (χ0v) is 7.50. The van der Waals surface area contributed by atoms with E-state index in [2.05, 4.69) is 6.92 Å². The van der Waals surface area contributed by atoms with Gasteiger partial charge in [-0.15, -0.1) is 0 Å². The van der Waals surface area contributed by atoms with Gasteiger partial charge < -0.3 is 9.52 Å². The van der Waals surface area contributed by atoms with Gasteiger partial charge in [0.25, 0.3) is 0 Å². The second kappa shape index (κ2) is 2.36. The molecule has 0 aromatic carbocycles. The van der Waals surface area contributed by atoms with Gasteiger partial charge in [0.1, 0.15) is 17.1 Å². The van der Waals surface area contributed by atoms with Crippen molar-refractivity contribution in [3.05, 3.63) is 23.7 Å². The molecule has 2 unspecified atom stereocenters. The minimum absolute atomic E-state index is 0.406. The predicted octanol–water partition coefficient (Wildman–Crippen LogP) is 2.21. The minimum Gasteiger partial charge on any atom is -0.463 e. The van der Waals surface area contributed by atoms with Crippen molar-refractivity contribution in [1.82, 2.24) is 0 Å². The Morgan fingerprint density at radius 3 is 2.83 bits per heavy atom. The van der Waals surface area contributed by atoms with Crippen LogP contribution in [-0.2, 0) is 5.60 Å². The maximum Gasteiger partial charge on any atom is 0.136 e. The van der Waals surface area contributed by atoms with E-state index in [4.69, 9.17) is 4.42 Å². The molecule has 2 atom stereocenters. The molecule has 0 spiro atoms. The summed E-state index contributed by atoms with van der Waals surface area (Å²) < 4.78 is 5.39. The Kier molecular flexibility index (Phi) is 1.55. The third-order valence-corrected chi connectivity index (χ3v) is 2.73. The Balaban J connectivity index is 2.22. The van der Waals surface area contributed by atoms with E-state index in [-0.39, 0.29) is 0 Å². The Hall–Kier alpha value is -0.760. The summed E-state index contributed by atoms with van der Waals surface area (Å²) in [5.74, 6) is 2.02. The molecule has 2 heteroatoms. The highest BCUT2D eigenvalue weighted by Gasteiger charge is 2.55. The Morgan fingerprint density at radius 2 is 2.42 bits per heavy atom. The fraction of sp³-hybridized carbons (Fsp3) is 0.600. The van der Waals surface area contributed by atoms with E-state index in [0.717, 1.165) is 24.4 Å². The molecule has 1 saturated carbocycles. The van der Waals surface area contributed by atoms with Crippen molar-refractivity contribution in [2.24, 2.45) is 5.92 Å². The van der Waals surface area contributed by atoms with E-state index in [1.54, 1.807) is 0 Å². The third kappa shape index (κ3) is 0.985. The molecular weight excluding hydrogens is 152 g/mol. The molecule has 0 radical (unpaired) electrons. The molecule has 2 nitrogen and oxygen atoms in total. The van der Waals surface area contributed by atoms with Crippen LogP contribution in [0.5, 0.6) is 0 Å². The van der Waals surface area contributed by atoms with Gasteiger partial charge in [0.05, 0.1) is 0 Å². The standard InChI is InChI=1S/C10H14O2/c1-3-8-6-10(8,11)9-5-4-7(2)12-9/h4-5,8,11H,3,6H2,1-2H3. The molecule has 1 aliphatic carbocycles. The van der Waals surface area contributed by atoms with Crippen molar-refractivity contribution in [2.45, 2.75) is 32.3 Å². The van der Waals surface area contributed by atoms with Crippen LogP contribution in [-0.4, -0.2) is 5.11 Å². The fourth-order valence-electron chi connectivity index (χ4n) is 1.77. The Bertz CT molecular complexity index is 290. The number of aliphatic hydroxyl groups is 1. The van der Waals surface area contributed by atoms with E-state index >= 15 is 0 Å². The summed E-state index contributed by atoms with van der Waals surface area (Å²) in [4.78, 5) is 0. The van der Waals surface area contributed by atoms with Crippen LogP contribution < -0.4 is 0 Å². The molecule has 1 aliphatic rings. The van der Waals surface area contributed by atoms with Crippen LogP contribution in [0.15, 0.2) is 16.5 Å². The highest BCUT2D eigenvalue weighted by atomic mass is 16.4. The summed E-state index contributed by atoms with van der Waals surface area (Å²) in [5.41, 5.74) is -0.636. The first-order valence-electron chi connectivity index (χ1n) is 4.46. The minimum atomic E-state index is -0.636. The van der Waals surface area contributed by atoms with E-state index in [1.807, 2.05) is 19.1 Å². The molecule has 1 heterocycles. The highest BCUT2D eigenvalue weighted by molar-refractivity contribution is 5.21. The lowest BCUT2D eigenvalue weighted by atomic mass is 10.2. The highest BCUT2D eigenvalue weighted by Crippen LogP contribution is 2.53. The average molecular weight is 166 g/mol. The topological polar surface area (TPSA) is 33.4 Å². The van der Waals surface area contributed by atoms with Gasteiger partial charge in [0.15, 0.2) is 0 Å². The summed E-state index contributed by atoms with van der Waals surface area (Å²) in [7, 11) is 0. The van der Waals surface area contributed by atoms with Gasteiger partial charge in [-0.1, -0.05) is 6.92 Å². The molecule has 1 N–H and O–H groups in total. The van der Waals surface area contributed by atoms with Gasteiger partial charge >= 0.3 is 0 Å². The number of hydrogen-bond donors (Lipinski definition) is 1. The summed E-state index contributed by atoms with van der Waals surface area (Å²) >= 11 is 0. The maximum atomic E-state index is 9.98. The van der Waals surface area contributed by atoms with Gasteiger partial charge in [-0.2, -0.15) is 0 Å². The number of furan rings is 1. The van der Waals surface area contributed by atoms with Crippen LogP contribution in [0.1, 0.15) is 31.3 Å². The molecule has 0 bridgehead atoms. The molecule has 1 aromatic heterocycles. The zero-order valence-electron chi connectivity index (χ0n) is 7.50. The number of hydrogen-bond acceptors (Lipinski definition) is 2. The Morgan fingerprint density at radius 1 is 1.67 bits per heavy atom. The molecule has 0 amide bonds. The van der Waals surface area contributed by atoms with Crippen LogP contribution in [0.25, 0.3) is 0 Å². The van der Waals surface area contributed by atoms with Gasteiger partial charge in [-0.05, 0) is 37.8 Å². The van der Waals surface area contributed by atoms with Gasteiger partial charge in [0, 0.05) is 0 Å². The van der Waals surface area contributed by atoms with Crippen molar-refractivity contribution in [3.63, 3.8) is 0 Å². The average Bonchev–Trinajstić information content (AvgIpc) is 2.50. The maximum absolute atomic E-state index is 9.98. The quantitative estimate of drug-likeness (QED) is 0.730. The largest absolute Gasteiger partial charge is 0.463 e. The molecule has 0 aliphatic heterocycles. The van der Waals surface area contributed by atoms with Crippen molar-refractivity contribution < 1.29 is 9.52 Å². The molecule has 1 fully saturated rings. The molecule has 2 rings (SSSR count). The molecular formula is C10H14O2. The second-order valence-electron chi connectivity index (χ2n) is 3.64. The van der Waals surface area contributed by atoms with E-state index in [0.29, 0.717) is 5.92 Å². The van der Waals surface area contributed by atoms with Crippen LogP contribution in [0.3, 0.4) is 0 Å². The van der Waals surface area contributed by atoms with Gasteiger partial charge in [-0.25, -0.2) is 0 Å². The predicted molar refractivity (Wildman–Crippen MR) is 45.7 cm³/mol. The van der Waals surface area contributed by atoms with Crippen LogP contribution >= 0.6 is 0 Å². The Labute approximate surface area is 72.2 Å². The van der Waals surface area contributed by atoms with Crippen molar-refractivity contribution >= 4 is 0 Å². The van der Waals surface area contributed by atoms with Crippen LogP contribution in [0.4, 0.5) is 0 Å². The summed E-state index contributed by atoms with van der Waals surface area (Å²) in [6.45, 7) is 3.99. The van der Waals surface area contributed by atoms with E-state index in [1.165, 1.54) is 0 Å².